The number of hydrogen-bond donors (Lipinski definition) is 3. The number of aliphatic imine (C=N–C) groups is 1. The zero-order chi connectivity index (χ0) is 27.9. The molecule has 0 saturated carbocycles. The van der Waals surface area contributed by atoms with Gasteiger partial charge in [0.1, 0.15) is 6.54 Å². The molecule has 1 aliphatic rings. The van der Waals surface area contributed by atoms with Crippen molar-refractivity contribution in [1.82, 2.24) is 10.6 Å². The third-order valence-electron chi connectivity index (χ3n) is 6.26. The predicted molar refractivity (Wildman–Crippen MR) is 157 cm³/mol. The van der Waals surface area contributed by atoms with Crippen LogP contribution in [-0.4, -0.2) is 36.3 Å². The highest BCUT2D eigenvalue weighted by Gasteiger charge is 2.34. The highest BCUT2D eigenvalue weighted by atomic mass is 35.5. The van der Waals surface area contributed by atoms with Crippen LogP contribution in [0.25, 0.3) is 0 Å². The molecule has 0 aliphatic carbocycles. The molecule has 4 aromatic rings. The van der Waals surface area contributed by atoms with Gasteiger partial charge in [-0.3, -0.25) is 14.5 Å². The van der Waals surface area contributed by atoms with Crippen LogP contribution >= 0.6 is 11.6 Å². The minimum absolute atomic E-state index is 0.253. The largest absolute Gasteiger partial charge is 0.350 e. The number of nitrogens with one attached hydrogen (secondary N) is 3. The second kappa shape index (κ2) is 12.3. The van der Waals surface area contributed by atoms with Crippen molar-refractivity contribution >= 4 is 46.5 Å². The minimum atomic E-state index is -1.29. The van der Waals surface area contributed by atoms with Crippen LogP contribution in [0.4, 0.5) is 16.2 Å². The van der Waals surface area contributed by atoms with Gasteiger partial charge in [0, 0.05) is 28.4 Å². The minimum Gasteiger partial charge on any atom is -0.350 e. The summed E-state index contributed by atoms with van der Waals surface area (Å²) in [5, 5.41) is 8.77. The van der Waals surface area contributed by atoms with Crippen LogP contribution in [-0.2, 0) is 16.1 Å². The second-order valence-corrected chi connectivity index (χ2v) is 9.49. The second-order valence-electron chi connectivity index (χ2n) is 9.06. The van der Waals surface area contributed by atoms with Gasteiger partial charge in [-0.05, 0) is 35.9 Å². The molecule has 1 atom stereocenters. The van der Waals surface area contributed by atoms with E-state index in [1.807, 2.05) is 72.8 Å². The first-order valence-electron chi connectivity index (χ1n) is 12.7. The van der Waals surface area contributed by atoms with E-state index in [0.717, 1.165) is 11.1 Å². The lowest BCUT2D eigenvalue weighted by molar-refractivity contribution is -0.124. The highest BCUT2D eigenvalue weighted by molar-refractivity contribution is 6.30. The Kier molecular flexibility index (Phi) is 8.18. The molecule has 0 aromatic heterocycles. The fraction of sp³-hybridized carbons (Fsp3) is 0.0968. The molecule has 9 heteroatoms. The Labute approximate surface area is 236 Å². The molecule has 0 bridgehead atoms. The van der Waals surface area contributed by atoms with E-state index >= 15 is 0 Å². The summed E-state index contributed by atoms with van der Waals surface area (Å²) in [7, 11) is 0. The number of carbonyl (C=O) groups excluding carboxylic acids is 3. The van der Waals surface area contributed by atoms with E-state index in [9.17, 15) is 14.4 Å². The van der Waals surface area contributed by atoms with E-state index in [1.54, 1.807) is 36.4 Å². The van der Waals surface area contributed by atoms with E-state index < -0.39 is 18.1 Å². The zero-order valence-electron chi connectivity index (χ0n) is 21.4. The zero-order valence-corrected chi connectivity index (χ0v) is 22.1. The number of benzene rings is 4. The van der Waals surface area contributed by atoms with Crippen LogP contribution in [0.2, 0.25) is 5.02 Å². The van der Waals surface area contributed by atoms with E-state index in [4.69, 9.17) is 16.6 Å². The van der Waals surface area contributed by atoms with Gasteiger partial charge in [-0.15, -0.1) is 0 Å². The van der Waals surface area contributed by atoms with E-state index in [0.29, 0.717) is 34.2 Å². The molecule has 4 aromatic carbocycles. The van der Waals surface area contributed by atoms with Crippen molar-refractivity contribution < 1.29 is 14.4 Å². The van der Waals surface area contributed by atoms with Crippen molar-refractivity contribution in [2.24, 2.45) is 4.99 Å². The van der Waals surface area contributed by atoms with Gasteiger partial charge >= 0.3 is 6.03 Å². The number of carbonyl (C=O) groups is 3. The van der Waals surface area contributed by atoms with Crippen molar-refractivity contribution in [2.45, 2.75) is 12.7 Å². The third kappa shape index (κ3) is 6.36. The molecule has 3 N–H and O–H groups in total. The van der Waals surface area contributed by atoms with E-state index in [-0.39, 0.29) is 12.5 Å². The van der Waals surface area contributed by atoms with Crippen molar-refractivity contribution in [3.63, 3.8) is 0 Å². The highest BCUT2D eigenvalue weighted by Crippen LogP contribution is 2.28. The number of urea groups is 1. The Balaban J connectivity index is 1.45. The molecule has 0 saturated heterocycles. The summed E-state index contributed by atoms with van der Waals surface area (Å²) in [6, 6.07) is 32.1. The quantitative estimate of drug-likeness (QED) is 0.301. The van der Waals surface area contributed by atoms with Crippen molar-refractivity contribution in [3.05, 3.63) is 131 Å². The number of halogens is 1. The summed E-state index contributed by atoms with van der Waals surface area (Å²) < 4.78 is 0. The molecule has 0 radical (unpaired) electrons. The van der Waals surface area contributed by atoms with Gasteiger partial charge in [0.25, 0.3) is 5.91 Å². The SMILES string of the molecule is O=C(CN1C(=O)C(NC(=O)Nc2ccc(Cl)cc2)N=C(c2ccccc2)c2ccccc21)NCc1ccccc1. The van der Waals surface area contributed by atoms with Crippen LogP contribution < -0.4 is 20.9 Å². The Morgan fingerprint density at radius 3 is 2.20 bits per heavy atom. The van der Waals surface area contributed by atoms with E-state index in [1.165, 1.54) is 4.90 Å². The maximum atomic E-state index is 13.9. The monoisotopic (exact) mass is 551 g/mol. The predicted octanol–water partition coefficient (Wildman–Crippen LogP) is 4.99. The van der Waals surface area contributed by atoms with Gasteiger partial charge in [0.05, 0.1) is 11.4 Å². The molecule has 4 amide bonds. The Morgan fingerprint density at radius 1 is 0.825 bits per heavy atom. The number of para-hydroxylation sites is 1. The van der Waals surface area contributed by atoms with Crippen molar-refractivity contribution in [1.29, 1.82) is 0 Å². The third-order valence-corrected chi connectivity index (χ3v) is 6.51. The fourth-order valence-electron chi connectivity index (χ4n) is 4.33. The van der Waals surface area contributed by atoms with Crippen LogP contribution in [0.1, 0.15) is 16.7 Å². The van der Waals surface area contributed by atoms with E-state index in [2.05, 4.69) is 16.0 Å². The van der Waals surface area contributed by atoms with Gasteiger partial charge < -0.3 is 16.0 Å². The van der Waals surface area contributed by atoms with Gasteiger partial charge in [-0.2, -0.15) is 0 Å². The Bertz CT molecular complexity index is 1540. The summed E-state index contributed by atoms with van der Waals surface area (Å²) in [4.78, 5) is 46.0. The molecule has 1 unspecified atom stereocenters. The van der Waals surface area contributed by atoms with Gasteiger partial charge in [0.2, 0.25) is 12.1 Å². The summed E-state index contributed by atoms with van der Waals surface area (Å²) in [5.41, 5.74) is 3.91. The molecular weight excluding hydrogens is 526 g/mol. The van der Waals surface area contributed by atoms with Crippen LogP contribution in [0.15, 0.2) is 114 Å². The summed E-state index contributed by atoms with van der Waals surface area (Å²) in [5.74, 6) is -0.890. The Hall–Kier alpha value is -4.95. The number of rotatable bonds is 7. The summed E-state index contributed by atoms with van der Waals surface area (Å²) in [6.07, 6.45) is -1.29. The molecule has 5 rings (SSSR count). The first-order chi connectivity index (χ1) is 19.5. The maximum Gasteiger partial charge on any atom is 0.321 e. The average molecular weight is 552 g/mol. The first-order valence-corrected chi connectivity index (χ1v) is 13.0. The number of anilines is 2. The maximum absolute atomic E-state index is 13.9. The summed E-state index contributed by atoms with van der Waals surface area (Å²) >= 11 is 5.95. The van der Waals surface area contributed by atoms with Gasteiger partial charge in [-0.25, -0.2) is 9.79 Å². The standard InChI is InChI=1S/C31H26ClN5O3/c32-23-15-17-24(18-16-23)34-31(40)36-29-30(39)37(20-27(38)33-19-21-9-3-1-4-10-21)26-14-8-7-13-25(26)28(35-29)22-11-5-2-6-12-22/h1-18,29H,19-20H2,(H,33,38)(H2,34,36,40). The summed E-state index contributed by atoms with van der Waals surface area (Å²) in [6.45, 7) is 0.0670. The number of nitrogens with zero attached hydrogens (tertiary/aromatic N) is 2. The lowest BCUT2D eigenvalue weighted by atomic mass is 10.0. The van der Waals surface area contributed by atoms with Gasteiger partial charge in [-0.1, -0.05) is 90.5 Å². The topological polar surface area (TPSA) is 103 Å². The van der Waals surface area contributed by atoms with Crippen molar-refractivity contribution in [3.8, 4) is 0 Å². The van der Waals surface area contributed by atoms with Crippen LogP contribution in [0.3, 0.4) is 0 Å². The van der Waals surface area contributed by atoms with Crippen LogP contribution in [0, 0.1) is 0 Å². The lowest BCUT2D eigenvalue weighted by Crippen LogP contribution is -2.51. The average Bonchev–Trinajstić information content (AvgIpc) is 3.09. The molecule has 200 valence electrons. The molecular formula is C31H26ClN5O3. The molecule has 8 nitrogen and oxygen atoms in total. The molecule has 1 aliphatic heterocycles. The normalized spacial score (nSPS) is 14.4. The van der Waals surface area contributed by atoms with Gasteiger partial charge in [0.15, 0.2) is 0 Å². The first kappa shape index (κ1) is 26.6. The fourth-order valence-corrected chi connectivity index (χ4v) is 4.46. The number of amides is 4. The van der Waals surface area contributed by atoms with Crippen LogP contribution in [0.5, 0.6) is 0 Å². The molecule has 1 heterocycles. The number of hydrogen-bond acceptors (Lipinski definition) is 4. The molecule has 0 spiro atoms. The van der Waals surface area contributed by atoms with Crippen molar-refractivity contribution in [2.75, 3.05) is 16.8 Å². The number of benzodiazepines with no additional fused rings is 1. The molecule has 40 heavy (non-hydrogen) atoms. The Morgan fingerprint density at radius 2 is 1.48 bits per heavy atom. The molecule has 0 fully saturated rings. The number of fused-ring (bicyclic) bond motifs is 1. The smallest absolute Gasteiger partial charge is 0.321 e. The lowest BCUT2D eigenvalue weighted by Gasteiger charge is -2.25.